The van der Waals surface area contributed by atoms with Crippen LogP contribution in [-0.4, -0.2) is 61.0 Å². The third-order valence-electron chi connectivity index (χ3n) is 3.20. The molecule has 0 aromatic carbocycles. The Bertz CT molecular complexity index is 247. The Morgan fingerprint density at radius 3 is 2.94 bits per heavy atom. The van der Waals surface area contributed by atoms with Gasteiger partial charge in [-0.1, -0.05) is 0 Å². The zero-order valence-electron chi connectivity index (χ0n) is 10.9. The maximum atomic E-state index is 12.0. The first-order valence-electron chi connectivity index (χ1n) is 6.13. The fourth-order valence-corrected chi connectivity index (χ4v) is 1.86. The van der Waals surface area contributed by atoms with Gasteiger partial charge in [0, 0.05) is 20.1 Å². The largest absolute Gasteiger partial charge is 0.394 e. The Morgan fingerprint density at radius 1 is 1.65 bits per heavy atom. The van der Waals surface area contributed by atoms with Crippen LogP contribution in [0.5, 0.6) is 0 Å². The van der Waals surface area contributed by atoms with E-state index in [4.69, 9.17) is 14.6 Å². The van der Waals surface area contributed by atoms with Gasteiger partial charge in [-0.15, -0.1) is 0 Å². The molecule has 1 aliphatic heterocycles. The van der Waals surface area contributed by atoms with E-state index in [0.29, 0.717) is 19.6 Å². The molecule has 1 aliphatic rings. The van der Waals surface area contributed by atoms with Crippen LogP contribution >= 0.6 is 0 Å². The van der Waals surface area contributed by atoms with Gasteiger partial charge in [-0.05, 0) is 20.3 Å². The maximum Gasteiger partial charge on any atom is 0.223 e. The molecule has 5 heteroatoms. The van der Waals surface area contributed by atoms with Gasteiger partial charge in [0.1, 0.15) is 0 Å². The number of aliphatic hydroxyl groups is 1. The van der Waals surface area contributed by atoms with Gasteiger partial charge in [0.15, 0.2) is 0 Å². The van der Waals surface area contributed by atoms with Crippen LogP contribution in [0.25, 0.3) is 0 Å². The number of carbonyl (C=O) groups is 1. The average Bonchev–Trinajstić information content (AvgIpc) is 2.36. The molecule has 1 N–H and O–H groups in total. The molecule has 1 rings (SSSR count). The second-order valence-corrected chi connectivity index (χ2v) is 4.62. The molecule has 1 saturated heterocycles. The molecule has 3 unspecified atom stereocenters. The first kappa shape index (κ1) is 14.4. The summed E-state index contributed by atoms with van der Waals surface area (Å²) in [5.41, 5.74) is 0. The average molecular weight is 245 g/mol. The molecule has 0 aromatic rings. The van der Waals surface area contributed by atoms with E-state index in [1.54, 1.807) is 12.0 Å². The van der Waals surface area contributed by atoms with Crippen molar-refractivity contribution in [2.24, 2.45) is 0 Å². The number of methoxy groups -OCH3 is 1. The minimum atomic E-state index is -0.241. The Hall–Kier alpha value is -0.650. The zero-order chi connectivity index (χ0) is 12.8. The van der Waals surface area contributed by atoms with Crippen molar-refractivity contribution in [3.05, 3.63) is 0 Å². The SMILES string of the molecule is COC(C)CCC(=O)N1CC(CO)OCC1C. The van der Waals surface area contributed by atoms with Crippen LogP contribution in [0.3, 0.4) is 0 Å². The second kappa shape index (κ2) is 6.93. The summed E-state index contributed by atoms with van der Waals surface area (Å²) in [6.07, 6.45) is 1.07. The number of carbonyl (C=O) groups excluding carboxylic acids is 1. The first-order valence-corrected chi connectivity index (χ1v) is 6.13. The lowest BCUT2D eigenvalue weighted by atomic mass is 10.1. The van der Waals surface area contributed by atoms with Crippen molar-refractivity contribution in [3.63, 3.8) is 0 Å². The summed E-state index contributed by atoms with van der Waals surface area (Å²) in [6, 6.07) is 0.0863. The number of hydrogen-bond acceptors (Lipinski definition) is 4. The van der Waals surface area contributed by atoms with Gasteiger partial charge in [-0.25, -0.2) is 0 Å². The number of morpholine rings is 1. The number of rotatable bonds is 5. The third kappa shape index (κ3) is 4.26. The number of ether oxygens (including phenoxy) is 2. The van der Waals surface area contributed by atoms with Crippen LogP contribution in [-0.2, 0) is 14.3 Å². The predicted molar refractivity (Wildman–Crippen MR) is 63.7 cm³/mol. The molecule has 0 saturated carbocycles. The highest BCUT2D eigenvalue weighted by atomic mass is 16.5. The summed E-state index contributed by atoms with van der Waals surface area (Å²) in [5, 5.41) is 9.05. The minimum absolute atomic E-state index is 0.0367. The van der Waals surface area contributed by atoms with Gasteiger partial charge < -0.3 is 19.5 Å². The van der Waals surface area contributed by atoms with Crippen LogP contribution in [0.2, 0.25) is 0 Å². The van der Waals surface area contributed by atoms with E-state index in [1.807, 2.05) is 13.8 Å². The number of hydrogen-bond donors (Lipinski definition) is 1. The van der Waals surface area contributed by atoms with Gasteiger partial charge in [-0.2, -0.15) is 0 Å². The molecule has 1 amide bonds. The summed E-state index contributed by atoms with van der Waals surface area (Å²) >= 11 is 0. The van der Waals surface area contributed by atoms with E-state index < -0.39 is 0 Å². The van der Waals surface area contributed by atoms with E-state index in [-0.39, 0.29) is 30.8 Å². The number of aliphatic hydroxyl groups excluding tert-OH is 1. The van der Waals surface area contributed by atoms with E-state index in [9.17, 15) is 4.79 Å². The highest BCUT2D eigenvalue weighted by Crippen LogP contribution is 2.14. The quantitative estimate of drug-likeness (QED) is 0.762. The molecule has 0 aromatic heterocycles. The van der Waals surface area contributed by atoms with Crippen LogP contribution in [0, 0.1) is 0 Å². The van der Waals surface area contributed by atoms with Crippen LogP contribution < -0.4 is 0 Å². The van der Waals surface area contributed by atoms with E-state index in [2.05, 4.69) is 0 Å². The van der Waals surface area contributed by atoms with E-state index in [1.165, 1.54) is 0 Å². The zero-order valence-corrected chi connectivity index (χ0v) is 10.9. The molecule has 0 aliphatic carbocycles. The van der Waals surface area contributed by atoms with Crippen molar-refractivity contribution < 1.29 is 19.4 Å². The Labute approximate surface area is 103 Å². The third-order valence-corrected chi connectivity index (χ3v) is 3.20. The molecule has 100 valence electrons. The summed E-state index contributed by atoms with van der Waals surface area (Å²) in [4.78, 5) is 13.8. The Balaban J connectivity index is 2.43. The smallest absolute Gasteiger partial charge is 0.223 e. The predicted octanol–water partition coefficient (Wildman–Crippen LogP) is 0.410. The second-order valence-electron chi connectivity index (χ2n) is 4.62. The van der Waals surface area contributed by atoms with Gasteiger partial charge in [0.2, 0.25) is 5.91 Å². The van der Waals surface area contributed by atoms with Gasteiger partial charge >= 0.3 is 0 Å². The molecular weight excluding hydrogens is 222 g/mol. The number of amides is 1. The maximum absolute atomic E-state index is 12.0. The molecular formula is C12H23NO4. The Morgan fingerprint density at radius 2 is 2.35 bits per heavy atom. The van der Waals surface area contributed by atoms with Gasteiger partial charge in [0.25, 0.3) is 0 Å². The first-order chi connectivity index (χ1) is 8.08. The monoisotopic (exact) mass is 245 g/mol. The molecule has 0 bridgehead atoms. The Kier molecular flexibility index (Phi) is 5.88. The fraction of sp³-hybridized carbons (Fsp3) is 0.917. The molecule has 1 fully saturated rings. The summed E-state index contributed by atoms with van der Waals surface area (Å²) in [5.74, 6) is 0.114. The van der Waals surface area contributed by atoms with Crippen molar-refractivity contribution >= 4 is 5.91 Å². The van der Waals surface area contributed by atoms with Crippen molar-refractivity contribution in [1.82, 2.24) is 4.90 Å². The van der Waals surface area contributed by atoms with Crippen molar-refractivity contribution in [1.29, 1.82) is 0 Å². The van der Waals surface area contributed by atoms with Crippen molar-refractivity contribution in [2.75, 3.05) is 26.9 Å². The van der Waals surface area contributed by atoms with E-state index in [0.717, 1.165) is 6.42 Å². The lowest BCUT2D eigenvalue weighted by Gasteiger charge is -2.37. The lowest BCUT2D eigenvalue weighted by molar-refractivity contribution is -0.146. The summed E-state index contributed by atoms with van der Waals surface area (Å²) in [7, 11) is 1.65. The van der Waals surface area contributed by atoms with Gasteiger partial charge in [-0.3, -0.25) is 4.79 Å². The molecule has 0 spiro atoms. The molecule has 1 heterocycles. The highest BCUT2D eigenvalue weighted by Gasteiger charge is 2.28. The van der Waals surface area contributed by atoms with Crippen LogP contribution in [0.15, 0.2) is 0 Å². The lowest BCUT2D eigenvalue weighted by Crippen LogP contribution is -2.52. The summed E-state index contributed by atoms with van der Waals surface area (Å²) < 4.78 is 10.5. The van der Waals surface area contributed by atoms with Crippen molar-refractivity contribution in [3.8, 4) is 0 Å². The van der Waals surface area contributed by atoms with E-state index >= 15 is 0 Å². The molecule has 3 atom stereocenters. The van der Waals surface area contributed by atoms with Crippen LogP contribution in [0.1, 0.15) is 26.7 Å². The normalized spacial score (nSPS) is 26.9. The number of nitrogens with zero attached hydrogens (tertiary/aromatic N) is 1. The highest BCUT2D eigenvalue weighted by molar-refractivity contribution is 5.76. The van der Waals surface area contributed by atoms with Crippen LogP contribution in [0.4, 0.5) is 0 Å². The fourth-order valence-electron chi connectivity index (χ4n) is 1.86. The molecule has 5 nitrogen and oxygen atoms in total. The van der Waals surface area contributed by atoms with Crippen molar-refractivity contribution in [2.45, 2.75) is 44.9 Å². The molecule has 0 radical (unpaired) electrons. The standard InChI is InChI=1S/C12H23NO4/c1-9-8-17-11(7-14)6-13(9)12(15)5-4-10(2)16-3/h9-11,14H,4-8H2,1-3H3. The molecule has 17 heavy (non-hydrogen) atoms. The minimum Gasteiger partial charge on any atom is -0.394 e. The van der Waals surface area contributed by atoms with Gasteiger partial charge in [0.05, 0.1) is 31.5 Å². The summed E-state index contributed by atoms with van der Waals surface area (Å²) in [6.45, 7) is 4.86. The topological polar surface area (TPSA) is 59.0 Å².